The van der Waals surface area contributed by atoms with Gasteiger partial charge in [-0.25, -0.2) is 4.31 Å². The minimum atomic E-state index is -4.07. The first kappa shape index (κ1) is 25.6. The van der Waals surface area contributed by atoms with Crippen LogP contribution >= 0.6 is 0 Å². The van der Waals surface area contributed by atoms with E-state index in [4.69, 9.17) is 4.74 Å². The molecule has 194 valence electrons. The monoisotopic (exact) mass is 508 g/mol. The molecule has 0 radical (unpaired) electrons. The predicted molar refractivity (Wildman–Crippen MR) is 149 cm³/mol. The van der Waals surface area contributed by atoms with Crippen molar-refractivity contribution >= 4 is 20.3 Å². The zero-order valence-electron chi connectivity index (χ0n) is 21.6. The van der Waals surface area contributed by atoms with E-state index in [2.05, 4.69) is 66.8 Å². The number of ether oxygens (including phenoxy) is 1. The van der Waals surface area contributed by atoms with E-state index >= 15 is 0 Å². The highest BCUT2D eigenvalue weighted by atomic mass is 32.3. The van der Waals surface area contributed by atoms with Crippen molar-refractivity contribution < 1.29 is 13.5 Å². The zero-order chi connectivity index (χ0) is 25.2. The average molecular weight is 509 g/mol. The third-order valence-corrected chi connectivity index (χ3v) is 11.1. The van der Waals surface area contributed by atoms with Crippen molar-refractivity contribution in [3.63, 3.8) is 0 Å². The van der Waals surface area contributed by atoms with Gasteiger partial charge in [-0.1, -0.05) is 67.4 Å². The molecule has 3 aromatic rings. The lowest BCUT2D eigenvalue weighted by Crippen LogP contribution is -2.54. The molecule has 2 unspecified atom stereocenters. The van der Waals surface area contributed by atoms with Crippen LogP contribution in [0, 0.1) is 0 Å². The lowest BCUT2D eigenvalue weighted by Gasteiger charge is -2.50. The number of benzene rings is 3. The highest BCUT2D eigenvalue weighted by Gasteiger charge is 2.34. The van der Waals surface area contributed by atoms with Crippen LogP contribution in [0.25, 0.3) is 10.8 Å². The van der Waals surface area contributed by atoms with Crippen LogP contribution in [0.3, 0.4) is 0 Å². The van der Waals surface area contributed by atoms with Gasteiger partial charge in [-0.3, -0.25) is 4.55 Å². The van der Waals surface area contributed by atoms with E-state index in [0.29, 0.717) is 43.2 Å². The minimum absolute atomic E-state index is 0.274. The van der Waals surface area contributed by atoms with Crippen LogP contribution in [-0.2, 0) is 14.3 Å². The Morgan fingerprint density at radius 2 is 1.67 bits per heavy atom. The van der Waals surface area contributed by atoms with Gasteiger partial charge in [0.05, 0.1) is 18.1 Å². The Hall–Kier alpha value is -2.09. The highest BCUT2D eigenvalue weighted by molar-refractivity contribution is 8.12. The third-order valence-electron chi connectivity index (χ3n) is 8.17. The number of hydrogen-bond donors (Lipinski definition) is 2. The molecule has 0 spiro atoms. The Morgan fingerprint density at radius 1 is 0.972 bits per heavy atom. The van der Waals surface area contributed by atoms with E-state index in [1.807, 2.05) is 12.1 Å². The molecule has 1 saturated carbocycles. The summed E-state index contributed by atoms with van der Waals surface area (Å²) < 4.78 is 32.0. The summed E-state index contributed by atoms with van der Waals surface area (Å²) in [4.78, 5) is 0.505. The van der Waals surface area contributed by atoms with Gasteiger partial charge in [-0.15, -0.1) is 9.53 Å². The van der Waals surface area contributed by atoms with Gasteiger partial charge in [0.1, 0.15) is 0 Å². The van der Waals surface area contributed by atoms with Crippen LogP contribution in [-0.4, -0.2) is 51.7 Å². The first-order chi connectivity index (χ1) is 17.3. The first-order valence-electron chi connectivity index (χ1n) is 13.4. The van der Waals surface area contributed by atoms with E-state index in [9.17, 15) is 8.76 Å². The number of fused-ring (bicyclic) bond motifs is 1. The van der Waals surface area contributed by atoms with Crippen molar-refractivity contribution in [3.05, 3.63) is 77.9 Å². The topological polar surface area (TPSA) is 61.8 Å². The Bertz CT molecular complexity index is 1240. The van der Waals surface area contributed by atoms with Crippen LogP contribution in [0.1, 0.15) is 62.1 Å². The number of nitrogens with one attached hydrogen (secondary N) is 1. The molecular weight excluding hydrogens is 468 g/mol. The molecule has 3 atom stereocenters. The summed E-state index contributed by atoms with van der Waals surface area (Å²) in [6.45, 7) is 4.22. The van der Waals surface area contributed by atoms with Gasteiger partial charge in [-0.05, 0) is 66.1 Å². The fraction of sp³-hybridized carbons (Fsp3) is 0.467. The van der Waals surface area contributed by atoms with Gasteiger partial charge >= 0.3 is 0 Å². The van der Waals surface area contributed by atoms with Gasteiger partial charge < -0.3 is 10.1 Å². The van der Waals surface area contributed by atoms with Crippen LogP contribution in [0.4, 0.5) is 0 Å². The first-order valence-corrected chi connectivity index (χ1v) is 15.7. The van der Waals surface area contributed by atoms with Gasteiger partial charge in [0.25, 0.3) is 0 Å². The molecule has 6 heteroatoms. The van der Waals surface area contributed by atoms with Crippen LogP contribution < -0.4 is 5.32 Å². The van der Waals surface area contributed by atoms with Gasteiger partial charge in [0.2, 0.25) is 0 Å². The third kappa shape index (κ3) is 5.29. The lowest BCUT2D eigenvalue weighted by atomic mass is 9.90. The molecule has 1 saturated heterocycles. The van der Waals surface area contributed by atoms with E-state index in [0.717, 1.165) is 12.8 Å². The molecule has 5 nitrogen and oxygen atoms in total. The lowest BCUT2D eigenvalue weighted by molar-refractivity contribution is 0.0686. The fourth-order valence-electron chi connectivity index (χ4n) is 6.07. The molecule has 1 aliphatic carbocycles. The van der Waals surface area contributed by atoms with Crippen molar-refractivity contribution in [2.24, 2.45) is 0 Å². The molecule has 36 heavy (non-hydrogen) atoms. The van der Waals surface area contributed by atoms with Crippen LogP contribution in [0.15, 0.2) is 71.6 Å². The van der Waals surface area contributed by atoms with Gasteiger partial charge in [0, 0.05) is 31.4 Å². The Morgan fingerprint density at radius 3 is 2.44 bits per heavy atom. The summed E-state index contributed by atoms with van der Waals surface area (Å²) >= 11 is 0. The molecule has 0 amide bonds. The number of nitrogens with zero attached hydrogens (tertiary/aromatic N) is 1. The summed E-state index contributed by atoms with van der Waals surface area (Å²) in [5.41, 5.74) is 2.63. The molecular formula is C30H40N2O3S. The molecule has 2 N–H and O–H groups in total. The maximum atomic E-state index is 13.7. The summed E-state index contributed by atoms with van der Waals surface area (Å²) in [5, 5.41) is 6.56. The molecule has 1 aliphatic heterocycles. The normalized spacial score (nSPS) is 24.0. The number of rotatable bonds is 6. The molecule has 2 aliphatic rings. The van der Waals surface area contributed by atoms with Crippen LogP contribution in [0.5, 0.6) is 0 Å². The maximum absolute atomic E-state index is 13.7. The SMILES string of the molecule is C[C@@H](NC1CCCCC(c2ccc(S(C)(=O)(O)N3CCOCC3)cc2)C1)c1cccc2ccccc12. The standard InChI is InChI=1S/C30H40N2O3S/c1-23(29-13-7-10-25-8-4-6-12-30(25)29)31-27-11-5-3-9-26(22-27)24-14-16-28(17-15-24)36(2,33,34)32-18-20-35-21-19-32/h4,6-8,10,12-17,23,26-27,31H,3,5,9,11,18-22H2,1-2H3,(H,33,34)/t23-,26?,27?/m1/s1. The predicted octanol–water partition coefficient (Wildman–Crippen LogP) is 6.14. The molecule has 0 bridgehead atoms. The van der Waals surface area contributed by atoms with Gasteiger partial charge in [0.15, 0.2) is 0 Å². The van der Waals surface area contributed by atoms with Crippen molar-refractivity contribution in [1.82, 2.24) is 9.62 Å². The van der Waals surface area contributed by atoms with Crippen molar-refractivity contribution in [2.75, 3.05) is 32.6 Å². The van der Waals surface area contributed by atoms with E-state index in [-0.39, 0.29) is 6.04 Å². The number of morpholine rings is 1. The second-order valence-electron chi connectivity index (χ2n) is 10.7. The minimum Gasteiger partial charge on any atom is -0.379 e. The van der Waals surface area contributed by atoms with Crippen molar-refractivity contribution in [2.45, 2.75) is 61.9 Å². The summed E-state index contributed by atoms with van der Waals surface area (Å²) in [6, 6.07) is 23.9. The molecule has 5 rings (SSSR count). The molecule has 3 aromatic carbocycles. The summed E-state index contributed by atoms with van der Waals surface area (Å²) in [7, 11) is -4.07. The van der Waals surface area contributed by atoms with Crippen molar-refractivity contribution in [3.8, 4) is 0 Å². The van der Waals surface area contributed by atoms with E-state index in [1.165, 1.54) is 47.4 Å². The fourth-order valence-corrected chi connectivity index (χ4v) is 8.14. The second kappa shape index (κ2) is 10.3. The quantitative estimate of drug-likeness (QED) is 0.393. The molecule has 2 fully saturated rings. The zero-order valence-corrected chi connectivity index (χ0v) is 22.4. The summed E-state index contributed by atoms with van der Waals surface area (Å²) in [6.07, 6.45) is 7.36. The van der Waals surface area contributed by atoms with E-state index in [1.54, 1.807) is 4.31 Å². The van der Waals surface area contributed by atoms with Crippen LogP contribution in [0.2, 0.25) is 0 Å². The Balaban J connectivity index is 1.30. The molecule has 1 heterocycles. The number of hydrogen-bond acceptors (Lipinski definition) is 3. The van der Waals surface area contributed by atoms with Gasteiger partial charge in [-0.2, -0.15) is 4.21 Å². The van der Waals surface area contributed by atoms with E-state index < -0.39 is 9.53 Å². The smallest absolute Gasteiger partial charge is 0.0689 e. The average Bonchev–Trinajstić information content (AvgIpc) is 3.14. The second-order valence-corrected chi connectivity index (χ2v) is 14.2. The Kier molecular flexibility index (Phi) is 7.34. The summed E-state index contributed by atoms with van der Waals surface area (Å²) in [5.74, 6) is 0.452. The Labute approximate surface area is 215 Å². The largest absolute Gasteiger partial charge is 0.379 e. The van der Waals surface area contributed by atoms with Crippen molar-refractivity contribution in [1.29, 1.82) is 0 Å². The maximum Gasteiger partial charge on any atom is 0.0689 e. The highest BCUT2D eigenvalue weighted by Crippen LogP contribution is 2.37. The molecule has 0 aromatic heterocycles.